The van der Waals surface area contributed by atoms with Crippen LogP contribution in [0.1, 0.15) is 76.8 Å². The Kier molecular flexibility index (Phi) is 7.68. The number of carbonyl (C=O) groups is 2. The number of carbonyl (C=O) groups excluding carboxylic acids is 2. The van der Waals surface area contributed by atoms with Crippen molar-refractivity contribution in [3.8, 4) is 0 Å². The average molecular weight is 433 g/mol. The predicted octanol–water partition coefficient (Wildman–Crippen LogP) is 3.91. The van der Waals surface area contributed by atoms with Gasteiger partial charge in [-0.2, -0.15) is 0 Å². The number of hydrogen-bond acceptors (Lipinski definition) is 4. The van der Waals surface area contributed by atoms with E-state index < -0.39 is 5.60 Å². The molecule has 2 saturated heterocycles. The van der Waals surface area contributed by atoms with E-state index in [-0.39, 0.29) is 18.0 Å². The summed E-state index contributed by atoms with van der Waals surface area (Å²) in [4.78, 5) is 29.5. The van der Waals surface area contributed by atoms with Crippen molar-refractivity contribution in [3.63, 3.8) is 0 Å². The van der Waals surface area contributed by atoms with Crippen molar-refractivity contribution in [1.82, 2.24) is 19.7 Å². The van der Waals surface area contributed by atoms with Crippen LogP contribution in [0.5, 0.6) is 0 Å². The minimum absolute atomic E-state index is 0.00115. The van der Waals surface area contributed by atoms with Gasteiger partial charge in [-0.15, -0.1) is 0 Å². The van der Waals surface area contributed by atoms with E-state index >= 15 is 0 Å². The van der Waals surface area contributed by atoms with E-state index in [0.717, 1.165) is 32.5 Å². The van der Waals surface area contributed by atoms with Crippen molar-refractivity contribution < 1.29 is 14.3 Å². The van der Waals surface area contributed by atoms with Crippen LogP contribution < -0.4 is 5.32 Å². The first-order valence-corrected chi connectivity index (χ1v) is 11.8. The van der Waals surface area contributed by atoms with Crippen LogP contribution in [-0.4, -0.2) is 70.7 Å². The lowest BCUT2D eigenvalue weighted by Gasteiger charge is -2.35. The highest BCUT2D eigenvalue weighted by Gasteiger charge is 2.29. The molecule has 0 radical (unpaired) electrons. The first-order valence-electron chi connectivity index (χ1n) is 11.8. The van der Waals surface area contributed by atoms with Gasteiger partial charge in [0.05, 0.1) is 0 Å². The largest absolute Gasteiger partial charge is 0.444 e. The standard InChI is InChI=1S/C24H40N4O3/c1-18(2)27-12-6-8-19(17-27)16-25-22(29)21-9-7-13-28(21)20-10-14-26(15-11-20)23(30)31-24(3,4)5/h7,9,13,18-20H,6,8,10-12,14-17H2,1-5H3,(H,25,29). The lowest BCUT2D eigenvalue weighted by molar-refractivity contribution is 0.0187. The Hall–Kier alpha value is -2.02. The van der Waals surface area contributed by atoms with Crippen LogP contribution in [0, 0.1) is 5.92 Å². The van der Waals surface area contributed by atoms with Crippen LogP contribution in [0.3, 0.4) is 0 Å². The molecule has 2 aliphatic rings. The topological polar surface area (TPSA) is 66.8 Å². The van der Waals surface area contributed by atoms with Crippen LogP contribution in [0.2, 0.25) is 0 Å². The van der Waals surface area contributed by atoms with Gasteiger partial charge in [0.2, 0.25) is 0 Å². The summed E-state index contributed by atoms with van der Waals surface area (Å²) in [5.41, 5.74) is 0.233. The molecule has 2 fully saturated rings. The number of rotatable bonds is 5. The number of piperidine rings is 2. The van der Waals surface area contributed by atoms with E-state index in [1.54, 1.807) is 4.90 Å². The summed E-state index contributed by atoms with van der Waals surface area (Å²) in [5.74, 6) is 0.516. The second-order valence-corrected chi connectivity index (χ2v) is 10.3. The normalized spacial score (nSPS) is 21.4. The number of amides is 2. The number of hydrogen-bond donors (Lipinski definition) is 1. The summed E-state index contributed by atoms with van der Waals surface area (Å²) in [6.07, 6.45) is 5.75. The van der Waals surface area contributed by atoms with E-state index in [0.29, 0.717) is 30.7 Å². The lowest BCUT2D eigenvalue weighted by Crippen LogP contribution is -2.44. The van der Waals surface area contributed by atoms with E-state index in [1.165, 1.54) is 12.8 Å². The molecule has 31 heavy (non-hydrogen) atoms. The Morgan fingerprint density at radius 2 is 1.87 bits per heavy atom. The molecule has 2 amide bonds. The zero-order valence-electron chi connectivity index (χ0n) is 19.9. The summed E-state index contributed by atoms with van der Waals surface area (Å²) in [6, 6.07) is 4.62. The summed E-state index contributed by atoms with van der Waals surface area (Å²) >= 11 is 0. The van der Waals surface area contributed by atoms with Gasteiger partial charge in [0.25, 0.3) is 5.91 Å². The van der Waals surface area contributed by atoms with Crippen LogP contribution in [0.4, 0.5) is 4.79 Å². The van der Waals surface area contributed by atoms with Crippen LogP contribution in [-0.2, 0) is 4.74 Å². The van der Waals surface area contributed by atoms with Gasteiger partial charge in [0.1, 0.15) is 11.3 Å². The van der Waals surface area contributed by atoms with Crippen molar-refractivity contribution in [3.05, 3.63) is 24.0 Å². The Labute approximate surface area is 187 Å². The van der Waals surface area contributed by atoms with Crippen LogP contribution >= 0.6 is 0 Å². The highest BCUT2D eigenvalue weighted by Crippen LogP contribution is 2.26. The highest BCUT2D eigenvalue weighted by atomic mass is 16.6. The van der Waals surface area contributed by atoms with E-state index in [4.69, 9.17) is 4.74 Å². The van der Waals surface area contributed by atoms with Crippen molar-refractivity contribution in [2.24, 2.45) is 5.92 Å². The average Bonchev–Trinajstić information content (AvgIpc) is 3.21. The van der Waals surface area contributed by atoms with Gasteiger partial charge < -0.3 is 24.4 Å². The van der Waals surface area contributed by atoms with Gasteiger partial charge in [0, 0.05) is 44.5 Å². The highest BCUT2D eigenvalue weighted by molar-refractivity contribution is 5.92. The number of nitrogens with zero attached hydrogens (tertiary/aromatic N) is 3. The lowest BCUT2D eigenvalue weighted by atomic mass is 9.97. The third-order valence-electron chi connectivity index (χ3n) is 6.35. The van der Waals surface area contributed by atoms with Crippen molar-refractivity contribution in [1.29, 1.82) is 0 Å². The van der Waals surface area contributed by atoms with Gasteiger partial charge in [0.15, 0.2) is 0 Å². The molecule has 2 aliphatic heterocycles. The molecule has 7 nitrogen and oxygen atoms in total. The quantitative estimate of drug-likeness (QED) is 0.766. The number of likely N-dealkylation sites (tertiary alicyclic amines) is 2. The fourth-order valence-corrected chi connectivity index (χ4v) is 4.62. The molecule has 1 aromatic rings. The smallest absolute Gasteiger partial charge is 0.410 e. The first-order chi connectivity index (χ1) is 14.6. The molecule has 1 N–H and O–H groups in total. The van der Waals surface area contributed by atoms with Crippen molar-refractivity contribution in [2.75, 3.05) is 32.7 Å². The molecule has 0 spiro atoms. The van der Waals surface area contributed by atoms with Gasteiger partial charge >= 0.3 is 6.09 Å². The number of ether oxygens (including phenoxy) is 1. The molecule has 1 aromatic heterocycles. The summed E-state index contributed by atoms with van der Waals surface area (Å²) in [6.45, 7) is 14.4. The first kappa shape index (κ1) is 23.6. The molecule has 0 bridgehead atoms. The molecule has 0 aromatic carbocycles. The summed E-state index contributed by atoms with van der Waals surface area (Å²) in [5, 5.41) is 3.18. The van der Waals surface area contributed by atoms with E-state index in [9.17, 15) is 9.59 Å². The van der Waals surface area contributed by atoms with Gasteiger partial charge in [-0.1, -0.05) is 0 Å². The number of aromatic nitrogens is 1. The molecule has 174 valence electrons. The maximum atomic E-state index is 12.9. The molecular formula is C24H40N4O3. The fourth-order valence-electron chi connectivity index (χ4n) is 4.62. The van der Waals surface area contributed by atoms with E-state index in [1.807, 2.05) is 39.1 Å². The third-order valence-corrected chi connectivity index (χ3v) is 6.35. The molecule has 3 rings (SSSR count). The van der Waals surface area contributed by atoms with Gasteiger partial charge in [-0.3, -0.25) is 4.79 Å². The van der Waals surface area contributed by atoms with Crippen molar-refractivity contribution in [2.45, 2.75) is 78.0 Å². The Balaban J connectivity index is 1.51. The Morgan fingerprint density at radius 1 is 1.16 bits per heavy atom. The second-order valence-electron chi connectivity index (χ2n) is 10.3. The van der Waals surface area contributed by atoms with Gasteiger partial charge in [-0.25, -0.2) is 4.79 Å². The molecule has 0 aliphatic carbocycles. The molecule has 1 atom stereocenters. The second kappa shape index (κ2) is 10.1. The fraction of sp³-hybridized carbons (Fsp3) is 0.750. The zero-order chi connectivity index (χ0) is 22.6. The Morgan fingerprint density at radius 3 is 2.52 bits per heavy atom. The summed E-state index contributed by atoms with van der Waals surface area (Å²) < 4.78 is 7.58. The minimum atomic E-state index is -0.482. The van der Waals surface area contributed by atoms with Crippen molar-refractivity contribution >= 4 is 12.0 Å². The Bertz CT molecular complexity index is 744. The van der Waals surface area contributed by atoms with Crippen LogP contribution in [0.15, 0.2) is 18.3 Å². The SMILES string of the molecule is CC(C)N1CCCC(CNC(=O)c2cccn2C2CCN(C(=O)OC(C)(C)C)CC2)C1. The maximum absolute atomic E-state index is 12.9. The monoisotopic (exact) mass is 432 g/mol. The number of nitrogens with one attached hydrogen (secondary N) is 1. The molecule has 0 saturated carbocycles. The summed E-state index contributed by atoms with van der Waals surface area (Å²) in [7, 11) is 0. The molecule has 7 heteroatoms. The van der Waals surface area contributed by atoms with E-state index in [2.05, 4.69) is 28.6 Å². The third kappa shape index (κ3) is 6.48. The predicted molar refractivity (Wildman–Crippen MR) is 122 cm³/mol. The minimum Gasteiger partial charge on any atom is -0.444 e. The van der Waals surface area contributed by atoms with Crippen LogP contribution in [0.25, 0.3) is 0 Å². The molecule has 1 unspecified atom stereocenters. The maximum Gasteiger partial charge on any atom is 0.410 e. The molecule has 3 heterocycles. The van der Waals surface area contributed by atoms with Gasteiger partial charge in [-0.05, 0) is 84.9 Å². The molecular weight excluding hydrogens is 392 g/mol. The zero-order valence-corrected chi connectivity index (χ0v) is 19.9.